The van der Waals surface area contributed by atoms with E-state index in [2.05, 4.69) is 15.6 Å². The lowest BCUT2D eigenvalue weighted by atomic mass is 10.1. The van der Waals surface area contributed by atoms with Crippen LogP contribution < -0.4 is 15.4 Å². The molecule has 0 aliphatic heterocycles. The summed E-state index contributed by atoms with van der Waals surface area (Å²) in [7, 11) is 1.59. The highest BCUT2D eigenvalue weighted by molar-refractivity contribution is 5.93. The van der Waals surface area contributed by atoms with Crippen LogP contribution in [-0.2, 0) is 12.6 Å². The van der Waals surface area contributed by atoms with Crippen molar-refractivity contribution >= 4 is 22.6 Å². The van der Waals surface area contributed by atoms with Gasteiger partial charge in [-0.05, 0) is 48.4 Å². The van der Waals surface area contributed by atoms with Crippen LogP contribution in [0.1, 0.15) is 11.3 Å². The number of H-pyrrole nitrogens is 1. The molecule has 1 heterocycles. The fraction of sp³-hybridized carbons (Fsp3) is 0.211. The summed E-state index contributed by atoms with van der Waals surface area (Å²) in [5.74, 6) is 0.762. The van der Waals surface area contributed by atoms with Crippen LogP contribution in [0.2, 0.25) is 0 Å². The van der Waals surface area contributed by atoms with Crippen LogP contribution in [0.4, 0.5) is 23.7 Å². The topological polar surface area (TPSA) is 66.2 Å². The van der Waals surface area contributed by atoms with E-state index in [0.717, 1.165) is 17.4 Å². The number of aromatic nitrogens is 1. The Morgan fingerprint density at radius 1 is 1.11 bits per heavy atom. The number of hydrogen-bond donors (Lipinski definition) is 3. The van der Waals surface area contributed by atoms with E-state index in [9.17, 15) is 18.0 Å². The molecule has 0 atom stereocenters. The predicted molar refractivity (Wildman–Crippen MR) is 97.0 cm³/mol. The number of rotatable bonds is 5. The Labute approximate surface area is 153 Å². The van der Waals surface area contributed by atoms with Gasteiger partial charge in [-0.3, -0.25) is 0 Å². The number of carbonyl (C=O) groups excluding carboxylic acids is 1. The van der Waals surface area contributed by atoms with E-state index in [4.69, 9.17) is 4.74 Å². The van der Waals surface area contributed by atoms with Crippen molar-refractivity contribution in [3.63, 3.8) is 0 Å². The second-order valence-corrected chi connectivity index (χ2v) is 5.96. The lowest BCUT2D eigenvalue weighted by Crippen LogP contribution is -2.30. The molecule has 0 radical (unpaired) electrons. The number of carbonyl (C=O) groups is 1. The quantitative estimate of drug-likeness (QED) is 0.610. The average Bonchev–Trinajstić information content (AvgIpc) is 3.06. The number of urea groups is 1. The molecule has 3 aromatic rings. The highest BCUT2D eigenvalue weighted by Crippen LogP contribution is 2.31. The van der Waals surface area contributed by atoms with Gasteiger partial charge in [-0.1, -0.05) is 12.1 Å². The molecule has 1 aromatic heterocycles. The summed E-state index contributed by atoms with van der Waals surface area (Å²) in [5, 5.41) is 5.71. The summed E-state index contributed by atoms with van der Waals surface area (Å²) < 4.78 is 43.3. The third-order valence-electron chi connectivity index (χ3n) is 4.04. The maximum atomic E-state index is 12.7. The molecule has 2 amide bonds. The van der Waals surface area contributed by atoms with Gasteiger partial charge in [-0.2, -0.15) is 13.2 Å². The number of alkyl halides is 3. The van der Waals surface area contributed by atoms with E-state index in [1.54, 1.807) is 13.2 Å². The molecule has 8 heteroatoms. The number of nitrogens with one attached hydrogen (secondary N) is 3. The number of anilines is 1. The van der Waals surface area contributed by atoms with Crippen LogP contribution in [0.5, 0.6) is 5.75 Å². The molecule has 5 nitrogen and oxygen atoms in total. The minimum Gasteiger partial charge on any atom is -0.497 e. The molecule has 0 spiro atoms. The highest BCUT2D eigenvalue weighted by atomic mass is 19.4. The van der Waals surface area contributed by atoms with E-state index in [1.807, 2.05) is 24.3 Å². The number of halogens is 3. The predicted octanol–water partition coefficient (Wildman–Crippen LogP) is 4.56. The van der Waals surface area contributed by atoms with Gasteiger partial charge in [0, 0.05) is 23.1 Å². The number of amides is 2. The normalized spacial score (nSPS) is 11.4. The largest absolute Gasteiger partial charge is 0.497 e. The van der Waals surface area contributed by atoms with Gasteiger partial charge in [0.25, 0.3) is 0 Å². The van der Waals surface area contributed by atoms with Gasteiger partial charge < -0.3 is 20.4 Å². The third-order valence-corrected chi connectivity index (χ3v) is 4.04. The Balaban J connectivity index is 1.55. The van der Waals surface area contributed by atoms with Crippen molar-refractivity contribution in [1.29, 1.82) is 0 Å². The van der Waals surface area contributed by atoms with Gasteiger partial charge in [0.1, 0.15) is 11.4 Å². The van der Waals surface area contributed by atoms with E-state index >= 15 is 0 Å². The molecule has 0 bridgehead atoms. The van der Waals surface area contributed by atoms with Crippen molar-refractivity contribution in [2.24, 2.45) is 0 Å². The van der Waals surface area contributed by atoms with E-state index in [0.29, 0.717) is 29.6 Å². The molecule has 0 aliphatic carbocycles. The maximum Gasteiger partial charge on any atom is 0.431 e. The Kier molecular flexibility index (Phi) is 5.25. The van der Waals surface area contributed by atoms with Crippen molar-refractivity contribution < 1.29 is 22.7 Å². The molecule has 27 heavy (non-hydrogen) atoms. The molecular formula is C19H18F3N3O2. The molecule has 0 saturated carbocycles. The fourth-order valence-corrected chi connectivity index (χ4v) is 2.65. The fourth-order valence-electron chi connectivity index (χ4n) is 2.65. The van der Waals surface area contributed by atoms with Crippen LogP contribution in [0.15, 0.2) is 48.5 Å². The first-order chi connectivity index (χ1) is 12.8. The van der Waals surface area contributed by atoms with E-state index in [1.165, 1.54) is 12.1 Å². The van der Waals surface area contributed by atoms with Gasteiger partial charge in [0.15, 0.2) is 0 Å². The van der Waals surface area contributed by atoms with Crippen LogP contribution in [-0.4, -0.2) is 24.7 Å². The smallest absolute Gasteiger partial charge is 0.431 e. The van der Waals surface area contributed by atoms with Gasteiger partial charge >= 0.3 is 12.2 Å². The zero-order valence-corrected chi connectivity index (χ0v) is 14.5. The summed E-state index contributed by atoms with van der Waals surface area (Å²) >= 11 is 0. The summed E-state index contributed by atoms with van der Waals surface area (Å²) in [6.45, 7) is 0.419. The first-order valence-electron chi connectivity index (χ1n) is 8.23. The first-order valence-corrected chi connectivity index (χ1v) is 8.23. The van der Waals surface area contributed by atoms with Crippen molar-refractivity contribution in [2.45, 2.75) is 12.6 Å². The number of fused-ring (bicyclic) bond motifs is 1. The van der Waals surface area contributed by atoms with E-state index < -0.39 is 17.9 Å². The minimum absolute atomic E-state index is 0.354. The van der Waals surface area contributed by atoms with Crippen molar-refractivity contribution in [2.75, 3.05) is 19.0 Å². The first kappa shape index (κ1) is 18.6. The highest BCUT2D eigenvalue weighted by Gasteiger charge is 2.32. The van der Waals surface area contributed by atoms with Crippen molar-refractivity contribution in [3.8, 4) is 5.75 Å². The SMILES string of the molecule is COc1ccc(CCNC(=O)Nc2ccc3[nH]c(C(F)(F)F)cc3c2)cc1. The summed E-state index contributed by atoms with van der Waals surface area (Å²) in [6.07, 6.45) is -3.80. The zero-order valence-electron chi connectivity index (χ0n) is 14.5. The number of hydrogen-bond acceptors (Lipinski definition) is 2. The van der Waals surface area contributed by atoms with Crippen LogP contribution in [0.3, 0.4) is 0 Å². The lowest BCUT2D eigenvalue weighted by molar-refractivity contribution is -0.140. The standard InChI is InChI=1S/C19H18F3N3O2/c1-27-15-5-2-12(3-6-15)8-9-23-18(26)24-14-4-7-16-13(10-14)11-17(25-16)19(20,21)22/h2-7,10-11,25H,8-9H2,1H3,(H2,23,24,26). The van der Waals surface area contributed by atoms with Crippen LogP contribution in [0, 0.1) is 0 Å². The second kappa shape index (κ2) is 7.61. The number of aromatic amines is 1. The summed E-state index contributed by atoms with van der Waals surface area (Å²) in [6, 6.07) is 12.6. The number of benzene rings is 2. The molecule has 0 saturated heterocycles. The molecular weight excluding hydrogens is 359 g/mol. The Morgan fingerprint density at radius 2 is 1.85 bits per heavy atom. The molecule has 142 valence electrons. The van der Waals surface area contributed by atoms with Crippen LogP contribution in [0.25, 0.3) is 10.9 Å². The molecule has 0 aliphatic rings. The lowest BCUT2D eigenvalue weighted by Gasteiger charge is -2.08. The molecule has 3 rings (SSSR count). The molecule has 0 fully saturated rings. The molecule has 2 aromatic carbocycles. The Bertz CT molecular complexity index is 934. The Hall–Kier alpha value is -3.16. The minimum atomic E-state index is -4.44. The third kappa shape index (κ3) is 4.72. The van der Waals surface area contributed by atoms with Crippen molar-refractivity contribution in [3.05, 3.63) is 59.8 Å². The molecule has 0 unspecified atom stereocenters. The second-order valence-electron chi connectivity index (χ2n) is 5.96. The van der Waals surface area contributed by atoms with Gasteiger partial charge in [-0.25, -0.2) is 4.79 Å². The maximum absolute atomic E-state index is 12.7. The van der Waals surface area contributed by atoms with Crippen LogP contribution >= 0.6 is 0 Å². The van der Waals surface area contributed by atoms with Gasteiger partial charge in [0.05, 0.1) is 7.11 Å². The van der Waals surface area contributed by atoms with Gasteiger partial charge in [-0.15, -0.1) is 0 Å². The summed E-state index contributed by atoms with van der Waals surface area (Å²) in [4.78, 5) is 14.3. The Morgan fingerprint density at radius 3 is 2.52 bits per heavy atom. The number of methoxy groups -OCH3 is 1. The summed E-state index contributed by atoms with van der Waals surface area (Å²) in [5.41, 5.74) is 0.994. The zero-order chi connectivity index (χ0) is 19.4. The monoisotopic (exact) mass is 377 g/mol. The van der Waals surface area contributed by atoms with E-state index in [-0.39, 0.29) is 0 Å². The average molecular weight is 377 g/mol. The van der Waals surface area contributed by atoms with Crippen molar-refractivity contribution in [1.82, 2.24) is 10.3 Å². The number of ether oxygens (including phenoxy) is 1. The molecule has 3 N–H and O–H groups in total. The van der Waals surface area contributed by atoms with Gasteiger partial charge in [0.2, 0.25) is 0 Å².